The monoisotopic (exact) mass is 219 g/mol. The summed E-state index contributed by atoms with van der Waals surface area (Å²) < 4.78 is 2.03. The second-order valence-electron chi connectivity index (χ2n) is 5.25. The molecule has 3 atom stereocenters. The third kappa shape index (κ3) is 1.49. The highest BCUT2D eigenvalue weighted by Gasteiger charge is 2.56. The zero-order valence-corrected chi connectivity index (χ0v) is 10.2. The molecule has 2 aliphatic rings. The number of nitrogens with one attached hydrogen (secondary N) is 1. The highest BCUT2D eigenvalue weighted by molar-refractivity contribution is 5.16. The summed E-state index contributed by atoms with van der Waals surface area (Å²) in [7, 11) is 2.05. The molecule has 88 valence electrons. The van der Waals surface area contributed by atoms with Gasteiger partial charge in [0.05, 0.1) is 11.7 Å². The van der Waals surface area contributed by atoms with Gasteiger partial charge in [0.2, 0.25) is 0 Å². The van der Waals surface area contributed by atoms with Gasteiger partial charge < -0.3 is 5.32 Å². The molecule has 1 aromatic rings. The Morgan fingerprint density at radius 3 is 2.81 bits per heavy atom. The van der Waals surface area contributed by atoms with E-state index in [9.17, 15) is 0 Å². The van der Waals surface area contributed by atoms with Crippen molar-refractivity contribution in [2.75, 3.05) is 6.54 Å². The molecule has 1 aromatic heterocycles. The van der Waals surface area contributed by atoms with Crippen molar-refractivity contribution in [3.63, 3.8) is 0 Å². The minimum absolute atomic E-state index is 0.535. The molecule has 2 saturated carbocycles. The van der Waals surface area contributed by atoms with Crippen molar-refractivity contribution in [2.24, 2.45) is 24.8 Å². The van der Waals surface area contributed by atoms with Crippen LogP contribution in [-0.2, 0) is 7.05 Å². The number of aryl methyl sites for hydroxylation is 1. The predicted octanol–water partition coefficient (Wildman–Crippen LogP) is 2.12. The largest absolute Gasteiger partial charge is 0.309 e. The molecule has 3 heteroatoms. The summed E-state index contributed by atoms with van der Waals surface area (Å²) in [5.74, 6) is 2.88. The Hall–Kier alpha value is -0.830. The fraction of sp³-hybridized carbons (Fsp3) is 0.769. The van der Waals surface area contributed by atoms with Crippen LogP contribution in [0.1, 0.15) is 37.9 Å². The zero-order valence-electron chi connectivity index (χ0n) is 10.2. The second kappa shape index (κ2) is 3.88. The minimum atomic E-state index is 0.535. The summed E-state index contributed by atoms with van der Waals surface area (Å²) in [5, 5.41) is 7.96. The van der Waals surface area contributed by atoms with E-state index in [0.717, 1.165) is 24.3 Å². The summed E-state index contributed by atoms with van der Waals surface area (Å²) in [6.45, 7) is 3.24. The highest BCUT2D eigenvalue weighted by atomic mass is 15.3. The molecule has 2 aliphatic carbocycles. The summed E-state index contributed by atoms with van der Waals surface area (Å²) in [6.07, 6.45) is 6.28. The van der Waals surface area contributed by atoms with Crippen molar-refractivity contribution in [1.82, 2.24) is 15.1 Å². The van der Waals surface area contributed by atoms with Crippen LogP contribution in [0.2, 0.25) is 0 Å². The van der Waals surface area contributed by atoms with Crippen molar-refractivity contribution >= 4 is 0 Å². The molecule has 16 heavy (non-hydrogen) atoms. The highest BCUT2D eigenvalue weighted by Crippen LogP contribution is 2.62. The van der Waals surface area contributed by atoms with Crippen LogP contribution in [0.4, 0.5) is 0 Å². The summed E-state index contributed by atoms with van der Waals surface area (Å²) in [5.41, 5.74) is 1.36. The number of aromatic nitrogens is 2. The van der Waals surface area contributed by atoms with Gasteiger partial charge in [0.25, 0.3) is 0 Å². The average molecular weight is 219 g/mol. The molecular weight excluding hydrogens is 198 g/mol. The minimum Gasteiger partial charge on any atom is -0.309 e. The molecule has 0 aliphatic heterocycles. The molecule has 0 saturated heterocycles. The molecule has 2 fully saturated rings. The molecule has 0 radical (unpaired) electrons. The first-order valence-electron chi connectivity index (χ1n) is 6.54. The quantitative estimate of drug-likeness (QED) is 0.840. The van der Waals surface area contributed by atoms with E-state index in [4.69, 9.17) is 0 Å². The molecular formula is C13H21N3. The van der Waals surface area contributed by atoms with Gasteiger partial charge in [-0.3, -0.25) is 4.68 Å². The first-order chi connectivity index (χ1) is 7.83. The third-order valence-electron chi connectivity index (χ3n) is 4.46. The standard InChI is InChI=1S/C13H21N3/c1-3-14-13(11-7-8-15-16(11)2)12-9-5-4-6-10(9)12/h7-10,12-14H,3-6H2,1-2H3. The van der Waals surface area contributed by atoms with Gasteiger partial charge in [0, 0.05) is 13.2 Å². The van der Waals surface area contributed by atoms with Gasteiger partial charge in [0.1, 0.15) is 0 Å². The lowest BCUT2D eigenvalue weighted by atomic mass is 10.0. The maximum atomic E-state index is 4.30. The Balaban J connectivity index is 1.80. The van der Waals surface area contributed by atoms with Gasteiger partial charge in [-0.1, -0.05) is 13.3 Å². The molecule has 0 spiro atoms. The van der Waals surface area contributed by atoms with Crippen LogP contribution in [0.15, 0.2) is 12.3 Å². The maximum absolute atomic E-state index is 4.30. The predicted molar refractivity (Wildman–Crippen MR) is 63.9 cm³/mol. The lowest BCUT2D eigenvalue weighted by Crippen LogP contribution is -2.26. The van der Waals surface area contributed by atoms with Crippen LogP contribution in [-0.4, -0.2) is 16.3 Å². The number of hydrogen-bond donors (Lipinski definition) is 1. The molecule has 0 bridgehead atoms. The average Bonchev–Trinajstić information content (AvgIpc) is 2.69. The van der Waals surface area contributed by atoms with Crippen molar-refractivity contribution in [1.29, 1.82) is 0 Å². The van der Waals surface area contributed by atoms with Gasteiger partial charge in [-0.2, -0.15) is 5.10 Å². The van der Waals surface area contributed by atoms with E-state index in [2.05, 4.69) is 30.5 Å². The van der Waals surface area contributed by atoms with Crippen LogP contribution >= 0.6 is 0 Å². The zero-order chi connectivity index (χ0) is 11.1. The summed E-state index contributed by atoms with van der Waals surface area (Å²) in [4.78, 5) is 0. The van der Waals surface area contributed by atoms with Crippen molar-refractivity contribution in [3.8, 4) is 0 Å². The lowest BCUT2D eigenvalue weighted by Gasteiger charge is -2.20. The Bertz CT molecular complexity index is 361. The molecule has 0 aromatic carbocycles. The van der Waals surface area contributed by atoms with Gasteiger partial charge in [-0.05, 0) is 43.2 Å². The molecule has 3 nitrogen and oxygen atoms in total. The van der Waals surface area contributed by atoms with Crippen molar-refractivity contribution in [2.45, 2.75) is 32.2 Å². The van der Waals surface area contributed by atoms with Crippen LogP contribution in [0.25, 0.3) is 0 Å². The number of hydrogen-bond acceptors (Lipinski definition) is 2. The third-order valence-corrected chi connectivity index (χ3v) is 4.46. The fourth-order valence-electron chi connectivity index (χ4n) is 3.72. The van der Waals surface area contributed by atoms with Crippen molar-refractivity contribution < 1.29 is 0 Å². The second-order valence-corrected chi connectivity index (χ2v) is 5.25. The SMILES string of the molecule is CCNC(c1ccnn1C)C1C2CCCC21. The van der Waals surface area contributed by atoms with E-state index in [1.165, 1.54) is 25.0 Å². The van der Waals surface area contributed by atoms with Crippen LogP contribution < -0.4 is 5.32 Å². The maximum Gasteiger partial charge on any atom is 0.0553 e. The van der Waals surface area contributed by atoms with Gasteiger partial charge in [-0.15, -0.1) is 0 Å². The van der Waals surface area contributed by atoms with Crippen molar-refractivity contribution in [3.05, 3.63) is 18.0 Å². The smallest absolute Gasteiger partial charge is 0.0553 e. The normalized spacial score (nSPS) is 33.8. The first-order valence-corrected chi connectivity index (χ1v) is 6.54. The van der Waals surface area contributed by atoms with E-state index in [-0.39, 0.29) is 0 Å². The topological polar surface area (TPSA) is 29.9 Å². The Morgan fingerprint density at radius 2 is 2.25 bits per heavy atom. The lowest BCUT2D eigenvalue weighted by molar-refractivity contribution is 0.404. The van der Waals surface area contributed by atoms with Gasteiger partial charge in [-0.25, -0.2) is 0 Å². The molecule has 0 amide bonds. The number of fused-ring (bicyclic) bond motifs is 1. The molecule has 1 N–H and O–H groups in total. The Labute approximate surface area is 97.2 Å². The Morgan fingerprint density at radius 1 is 1.50 bits per heavy atom. The summed E-state index contributed by atoms with van der Waals surface area (Å²) in [6, 6.07) is 2.70. The summed E-state index contributed by atoms with van der Waals surface area (Å²) >= 11 is 0. The van der Waals surface area contributed by atoms with E-state index in [1.807, 2.05) is 10.9 Å². The van der Waals surface area contributed by atoms with Crippen LogP contribution in [0, 0.1) is 17.8 Å². The number of rotatable bonds is 4. The van der Waals surface area contributed by atoms with Gasteiger partial charge >= 0.3 is 0 Å². The molecule has 3 rings (SSSR count). The van der Waals surface area contributed by atoms with E-state index in [0.29, 0.717) is 6.04 Å². The van der Waals surface area contributed by atoms with E-state index >= 15 is 0 Å². The first kappa shape index (κ1) is 10.3. The molecule has 3 unspecified atom stereocenters. The van der Waals surface area contributed by atoms with Gasteiger partial charge in [0.15, 0.2) is 0 Å². The molecule has 1 heterocycles. The van der Waals surface area contributed by atoms with Crippen LogP contribution in [0.5, 0.6) is 0 Å². The van der Waals surface area contributed by atoms with E-state index < -0.39 is 0 Å². The fourth-order valence-corrected chi connectivity index (χ4v) is 3.72. The van der Waals surface area contributed by atoms with Crippen LogP contribution in [0.3, 0.4) is 0 Å². The number of nitrogens with zero attached hydrogens (tertiary/aromatic N) is 2. The van der Waals surface area contributed by atoms with E-state index in [1.54, 1.807) is 0 Å². The Kier molecular flexibility index (Phi) is 2.51.